The van der Waals surface area contributed by atoms with E-state index in [1.165, 1.54) is 12.2 Å². The summed E-state index contributed by atoms with van der Waals surface area (Å²) in [6, 6.07) is -1.45. The van der Waals surface area contributed by atoms with E-state index in [4.69, 9.17) is 10.2 Å². The number of carboxylic acids is 2. The lowest BCUT2D eigenvalue weighted by molar-refractivity contribution is -0.147. The summed E-state index contributed by atoms with van der Waals surface area (Å²) < 4.78 is 0. The molecule has 9 nitrogen and oxygen atoms in total. The molecule has 0 aliphatic carbocycles. The molecule has 0 radical (unpaired) electrons. The standard InChI is InChI=1S/C14H18N2O7/c17-10(15-9(14(22)23)8-13(20)21)4-2-1-3-7-16-11(18)5-6-12(16)19/h5-6,9H,1-4,7-8H2,(H,15,17)(H,20,21)(H,22,23). The minimum absolute atomic E-state index is 0.0452. The number of carbonyl (C=O) groups excluding carboxylic acids is 3. The number of carbonyl (C=O) groups is 5. The third-order valence-electron chi connectivity index (χ3n) is 3.20. The topological polar surface area (TPSA) is 141 Å². The molecule has 0 saturated heterocycles. The van der Waals surface area contributed by atoms with Crippen LogP contribution in [0.3, 0.4) is 0 Å². The van der Waals surface area contributed by atoms with Gasteiger partial charge in [-0.25, -0.2) is 4.79 Å². The average molecular weight is 326 g/mol. The van der Waals surface area contributed by atoms with E-state index in [0.717, 1.165) is 4.90 Å². The molecule has 0 aromatic rings. The molecule has 3 N–H and O–H groups in total. The van der Waals surface area contributed by atoms with E-state index in [0.29, 0.717) is 19.3 Å². The van der Waals surface area contributed by atoms with Crippen LogP contribution in [-0.4, -0.2) is 57.4 Å². The van der Waals surface area contributed by atoms with Crippen LogP contribution < -0.4 is 5.32 Å². The Labute approximate surface area is 131 Å². The molecule has 0 spiro atoms. The van der Waals surface area contributed by atoms with Crippen molar-refractivity contribution >= 4 is 29.7 Å². The third-order valence-corrected chi connectivity index (χ3v) is 3.20. The predicted octanol–water partition coefficient (Wildman–Crippen LogP) is -0.484. The van der Waals surface area contributed by atoms with Gasteiger partial charge in [0.05, 0.1) is 6.42 Å². The fourth-order valence-electron chi connectivity index (χ4n) is 2.02. The van der Waals surface area contributed by atoms with Gasteiger partial charge in [-0.3, -0.25) is 24.1 Å². The number of rotatable bonds is 10. The minimum atomic E-state index is -1.45. The Hall–Kier alpha value is -2.71. The molecule has 126 valence electrons. The van der Waals surface area contributed by atoms with Gasteiger partial charge in [-0.15, -0.1) is 0 Å². The second kappa shape index (κ2) is 8.66. The minimum Gasteiger partial charge on any atom is -0.481 e. The van der Waals surface area contributed by atoms with E-state index in [9.17, 15) is 24.0 Å². The fraction of sp³-hybridized carbons (Fsp3) is 0.500. The lowest BCUT2D eigenvalue weighted by Gasteiger charge is -2.14. The Kier molecular flexibility index (Phi) is 6.91. The zero-order chi connectivity index (χ0) is 17.4. The normalized spacial score (nSPS) is 14.9. The lowest BCUT2D eigenvalue weighted by atomic mass is 10.1. The van der Waals surface area contributed by atoms with Crippen LogP contribution in [0.25, 0.3) is 0 Å². The summed E-state index contributed by atoms with van der Waals surface area (Å²) in [5.41, 5.74) is 0. The predicted molar refractivity (Wildman–Crippen MR) is 76.1 cm³/mol. The average Bonchev–Trinajstić information content (AvgIpc) is 2.77. The van der Waals surface area contributed by atoms with E-state index in [2.05, 4.69) is 5.32 Å². The lowest BCUT2D eigenvalue weighted by Crippen LogP contribution is -2.42. The van der Waals surface area contributed by atoms with Crippen LogP contribution in [0.5, 0.6) is 0 Å². The van der Waals surface area contributed by atoms with E-state index < -0.39 is 30.3 Å². The smallest absolute Gasteiger partial charge is 0.326 e. The van der Waals surface area contributed by atoms with Crippen LogP contribution in [0.2, 0.25) is 0 Å². The van der Waals surface area contributed by atoms with Gasteiger partial charge >= 0.3 is 11.9 Å². The van der Waals surface area contributed by atoms with Crippen LogP contribution in [0.15, 0.2) is 12.2 Å². The Morgan fingerprint density at radius 2 is 1.65 bits per heavy atom. The van der Waals surface area contributed by atoms with Gasteiger partial charge in [-0.05, 0) is 12.8 Å². The second-order valence-corrected chi connectivity index (χ2v) is 5.03. The van der Waals surface area contributed by atoms with Crippen LogP contribution in [0, 0.1) is 0 Å². The van der Waals surface area contributed by atoms with Gasteiger partial charge in [0.2, 0.25) is 5.91 Å². The Bertz CT molecular complexity index is 523. The molecule has 3 amide bonds. The molecular weight excluding hydrogens is 308 g/mol. The number of hydrogen-bond donors (Lipinski definition) is 3. The van der Waals surface area contributed by atoms with Gasteiger partial charge in [0.15, 0.2) is 0 Å². The fourth-order valence-corrected chi connectivity index (χ4v) is 2.02. The monoisotopic (exact) mass is 326 g/mol. The first-order valence-electron chi connectivity index (χ1n) is 7.08. The Morgan fingerprint density at radius 3 is 2.17 bits per heavy atom. The van der Waals surface area contributed by atoms with Crippen LogP contribution in [-0.2, 0) is 24.0 Å². The van der Waals surface area contributed by atoms with Crippen LogP contribution in [0.4, 0.5) is 0 Å². The first-order valence-corrected chi connectivity index (χ1v) is 7.08. The summed E-state index contributed by atoms with van der Waals surface area (Å²) in [4.78, 5) is 56.5. The maximum atomic E-state index is 11.6. The van der Waals surface area contributed by atoms with Crippen LogP contribution >= 0.6 is 0 Å². The van der Waals surface area contributed by atoms with E-state index in [-0.39, 0.29) is 24.8 Å². The van der Waals surface area contributed by atoms with E-state index in [1.807, 2.05) is 0 Å². The molecule has 9 heteroatoms. The van der Waals surface area contributed by atoms with Gasteiger partial charge in [-0.2, -0.15) is 0 Å². The Morgan fingerprint density at radius 1 is 1.04 bits per heavy atom. The molecule has 1 aliphatic heterocycles. The molecule has 0 aromatic carbocycles. The van der Waals surface area contributed by atoms with Crippen molar-refractivity contribution in [3.63, 3.8) is 0 Å². The quantitative estimate of drug-likeness (QED) is 0.363. The molecule has 0 bridgehead atoms. The van der Waals surface area contributed by atoms with Crippen LogP contribution in [0.1, 0.15) is 32.1 Å². The van der Waals surface area contributed by atoms with Crippen molar-refractivity contribution in [2.75, 3.05) is 6.54 Å². The second-order valence-electron chi connectivity index (χ2n) is 5.03. The molecule has 1 heterocycles. The first-order chi connectivity index (χ1) is 10.8. The molecule has 0 fully saturated rings. The summed E-state index contributed by atoms with van der Waals surface area (Å²) in [7, 11) is 0. The number of imide groups is 1. The number of nitrogens with one attached hydrogen (secondary N) is 1. The highest BCUT2D eigenvalue weighted by Gasteiger charge is 2.23. The van der Waals surface area contributed by atoms with Gasteiger partial charge in [-0.1, -0.05) is 6.42 Å². The molecule has 1 unspecified atom stereocenters. The number of hydrogen-bond acceptors (Lipinski definition) is 5. The van der Waals surface area contributed by atoms with E-state index >= 15 is 0 Å². The molecule has 1 atom stereocenters. The van der Waals surface area contributed by atoms with Gasteiger partial charge < -0.3 is 15.5 Å². The summed E-state index contributed by atoms with van der Waals surface area (Å²) in [5.74, 6) is -3.98. The number of aliphatic carboxylic acids is 2. The largest absolute Gasteiger partial charge is 0.481 e. The zero-order valence-electron chi connectivity index (χ0n) is 12.4. The van der Waals surface area contributed by atoms with Crippen molar-refractivity contribution in [2.24, 2.45) is 0 Å². The number of nitrogens with zero attached hydrogens (tertiary/aromatic N) is 1. The number of carboxylic acid groups (broad SMARTS) is 2. The maximum Gasteiger partial charge on any atom is 0.326 e. The van der Waals surface area contributed by atoms with Crippen molar-refractivity contribution < 1.29 is 34.2 Å². The molecule has 1 rings (SSSR count). The molecule has 0 saturated carbocycles. The third kappa shape index (κ3) is 6.29. The first kappa shape index (κ1) is 18.3. The highest BCUT2D eigenvalue weighted by molar-refractivity contribution is 6.12. The highest BCUT2D eigenvalue weighted by atomic mass is 16.4. The van der Waals surface area contributed by atoms with Crippen molar-refractivity contribution in [2.45, 2.75) is 38.1 Å². The van der Waals surface area contributed by atoms with Gasteiger partial charge in [0, 0.05) is 25.1 Å². The van der Waals surface area contributed by atoms with Crippen molar-refractivity contribution in [3.8, 4) is 0 Å². The summed E-state index contributed by atoms with van der Waals surface area (Å²) >= 11 is 0. The highest BCUT2D eigenvalue weighted by Crippen LogP contribution is 2.08. The molecule has 23 heavy (non-hydrogen) atoms. The molecule has 1 aliphatic rings. The van der Waals surface area contributed by atoms with Crippen molar-refractivity contribution in [1.82, 2.24) is 10.2 Å². The Balaban J connectivity index is 2.21. The van der Waals surface area contributed by atoms with Crippen molar-refractivity contribution in [3.05, 3.63) is 12.2 Å². The number of amides is 3. The number of unbranched alkanes of at least 4 members (excludes halogenated alkanes) is 2. The summed E-state index contributed by atoms with van der Waals surface area (Å²) in [6.07, 6.45) is 3.30. The van der Waals surface area contributed by atoms with Gasteiger partial charge in [0.1, 0.15) is 6.04 Å². The summed E-state index contributed by atoms with van der Waals surface area (Å²) in [6.45, 7) is 0.267. The van der Waals surface area contributed by atoms with Crippen molar-refractivity contribution in [1.29, 1.82) is 0 Å². The SMILES string of the molecule is O=C(O)CC(NC(=O)CCCCCN1C(=O)C=CC1=O)C(=O)O. The van der Waals surface area contributed by atoms with E-state index in [1.54, 1.807) is 0 Å². The summed E-state index contributed by atoms with van der Waals surface area (Å²) in [5, 5.41) is 19.5. The molecular formula is C14H18N2O7. The maximum absolute atomic E-state index is 11.6. The van der Waals surface area contributed by atoms with Gasteiger partial charge in [0.25, 0.3) is 11.8 Å². The molecule has 0 aromatic heterocycles. The zero-order valence-corrected chi connectivity index (χ0v) is 12.4.